The van der Waals surface area contributed by atoms with Crippen molar-refractivity contribution in [2.24, 2.45) is 0 Å². The number of nitrogens with zero attached hydrogens (tertiary/aromatic N) is 3. The number of hydrogen-bond donors (Lipinski definition) is 2. The van der Waals surface area contributed by atoms with Gasteiger partial charge in [-0.3, -0.25) is 14.5 Å². The molecule has 0 atom stereocenters. The van der Waals surface area contributed by atoms with Crippen molar-refractivity contribution in [2.45, 2.75) is 6.54 Å². The van der Waals surface area contributed by atoms with E-state index in [0.29, 0.717) is 64.8 Å². The maximum absolute atomic E-state index is 13.8. The van der Waals surface area contributed by atoms with Crippen LogP contribution in [0.4, 0.5) is 0 Å². The largest absolute Gasteiger partial charge is 0.355 e. The molecule has 0 spiro atoms. The van der Waals surface area contributed by atoms with E-state index in [4.69, 9.17) is 56.4 Å². The molecule has 2 N–H and O–H groups in total. The van der Waals surface area contributed by atoms with Crippen molar-refractivity contribution >= 4 is 115 Å². The number of carbonyl (C=O) groups is 2. The highest BCUT2D eigenvalue weighted by Gasteiger charge is 2.32. The summed E-state index contributed by atoms with van der Waals surface area (Å²) in [6.07, 6.45) is 7.84. The standard InChI is InChI=1S/C51H29Cl4N5O2/c52-34-9-3-10-35(53)46(34)48-40-19-17-30(56-40)25-31-18-20-41(57-31)49(47-36(54)11-4-12-37(47)55)43-24-22-39(59-43)45(38-21-23-42(48)58-38)29-15-13-27(14-16-29)26-60-50(61)32-7-1-5-28-6-2-8-33(44(28)32)51(60)62/h1-25,56,59H,26H2. The number of rotatable bonds is 5. The molecule has 0 fully saturated rings. The quantitative estimate of drug-likeness (QED) is 0.168. The van der Waals surface area contributed by atoms with Crippen molar-refractivity contribution in [1.29, 1.82) is 0 Å². The fourth-order valence-corrected chi connectivity index (χ4v) is 9.80. The minimum absolute atomic E-state index is 0.0987. The van der Waals surface area contributed by atoms with Gasteiger partial charge in [-0.2, -0.15) is 0 Å². The molecule has 6 heterocycles. The molecule has 62 heavy (non-hydrogen) atoms. The molecule has 0 aliphatic carbocycles. The fraction of sp³-hybridized carbons (Fsp3) is 0.0196. The molecule has 8 aromatic rings. The molecule has 11 heteroatoms. The Labute approximate surface area is 374 Å². The van der Waals surface area contributed by atoms with Crippen LogP contribution in [0, 0.1) is 0 Å². The predicted octanol–water partition coefficient (Wildman–Crippen LogP) is 14.2. The van der Waals surface area contributed by atoms with Gasteiger partial charge in [0.15, 0.2) is 0 Å². The second-order valence-corrected chi connectivity index (χ2v) is 16.8. The van der Waals surface area contributed by atoms with E-state index in [1.807, 2.05) is 140 Å². The lowest BCUT2D eigenvalue weighted by Gasteiger charge is -2.27. The number of hydrogen-bond acceptors (Lipinski definition) is 4. The molecule has 11 rings (SSSR count). The van der Waals surface area contributed by atoms with Crippen LogP contribution in [0.3, 0.4) is 0 Å². The van der Waals surface area contributed by atoms with Crippen molar-refractivity contribution in [3.05, 3.63) is 187 Å². The third-order valence-corrected chi connectivity index (χ3v) is 12.7. The number of benzene rings is 5. The van der Waals surface area contributed by atoms with Crippen LogP contribution in [0.5, 0.6) is 0 Å². The maximum atomic E-state index is 13.8. The van der Waals surface area contributed by atoms with Gasteiger partial charge in [0.05, 0.1) is 49.4 Å². The number of amides is 2. The van der Waals surface area contributed by atoms with Gasteiger partial charge >= 0.3 is 0 Å². The summed E-state index contributed by atoms with van der Waals surface area (Å²) in [7, 11) is 0. The zero-order chi connectivity index (χ0) is 42.2. The van der Waals surface area contributed by atoms with Gasteiger partial charge in [0.25, 0.3) is 11.8 Å². The van der Waals surface area contributed by atoms with Crippen LogP contribution >= 0.6 is 46.4 Å². The Morgan fingerprint density at radius 2 is 0.984 bits per heavy atom. The van der Waals surface area contributed by atoms with Crippen LogP contribution < -0.4 is 0 Å². The van der Waals surface area contributed by atoms with E-state index in [1.54, 1.807) is 12.1 Å². The Kier molecular flexibility index (Phi) is 9.25. The molecule has 0 unspecified atom stereocenters. The molecule has 0 radical (unpaired) electrons. The molecular formula is C51H29Cl4N5O2. The van der Waals surface area contributed by atoms with Crippen LogP contribution in [0.2, 0.25) is 20.1 Å². The summed E-state index contributed by atoms with van der Waals surface area (Å²) in [5.41, 5.74) is 12.0. The summed E-state index contributed by atoms with van der Waals surface area (Å²) in [6, 6.07) is 39.7. The molecule has 0 saturated heterocycles. The SMILES string of the molecule is O=C1c2cccc3cccc(c23)C(=O)N1Cc1ccc(-c2c3nc(c(-c4c(Cl)cccc4Cl)c4ccc(cc5nc(c(-c6c(Cl)cccc6Cl)c6ccc2[nH]6)C=C5)[nH]4)C=C3)cc1. The first kappa shape index (κ1) is 38.2. The average molecular weight is 886 g/mol. The van der Waals surface area contributed by atoms with E-state index in [-0.39, 0.29) is 18.4 Å². The molecule has 7 nitrogen and oxygen atoms in total. The van der Waals surface area contributed by atoms with E-state index in [0.717, 1.165) is 61.0 Å². The second-order valence-electron chi connectivity index (χ2n) is 15.1. The van der Waals surface area contributed by atoms with Crippen LogP contribution in [0.1, 0.15) is 49.1 Å². The lowest BCUT2D eigenvalue weighted by atomic mass is 9.93. The molecular weight excluding hydrogens is 856 g/mol. The lowest BCUT2D eigenvalue weighted by molar-refractivity contribution is 0.0598. The normalized spacial score (nSPS) is 13.1. The summed E-state index contributed by atoms with van der Waals surface area (Å²) in [4.78, 5) is 46.5. The fourth-order valence-electron chi connectivity index (χ4n) is 8.63. The van der Waals surface area contributed by atoms with Crippen molar-refractivity contribution in [2.75, 3.05) is 0 Å². The number of aromatic amines is 2. The zero-order valence-electron chi connectivity index (χ0n) is 32.3. The Bertz CT molecular complexity index is 3350. The number of carbonyl (C=O) groups excluding carboxylic acids is 2. The number of nitrogens with one attached hydrogen (secondary N) is 2. The number of imide groups is 1. The van der Waals surface area contributed by atoms with Gasteiger partial charge < -0.3 is 9.97 Å². The third kappa shape index (κ3) is 6.36. The van der Waals surface area contributed by atoms with E-state index < -0.39 is 0 Å². The van der Waals surface area contributed by atoms with Gasteiger partial charge in [-0.05, 0) is 108 Å². The minimum atomic E-state index is -0.322. The molecule has 3 aliphatic heterocycles. The van der Waals surface area contributed by atoms with Gasteiger partial charge in [0, 0.05) is 66.4 Å². The van der Waals surface area contributed by atoms with Gasteiger partial charge in [-0.25, -0.2) is 9.97 Å². The smallest absolute Gasteiger partial charge is 0.261 e. The van der Waals surface area contributed by atoms with Crippen LogP contribution in [-0.2, 0) is 6.54 Å². The van der Waals surface area contributed by atoms with E-state index in [2.05, 4.69) is 9.97 Å². The zero-order valence-corrected chi connectivity index (χ0v) is 35.3. The summed E-state index contributed by atoms with van der Waals surface area (Å²) in [5, 5.41) is 3.48. The first-order chi connectivity index (χ1) is 30.2. The highest BCUT2D eigenvalue weighted by atomic mass is 35.5. The predicted molar refractivity (Wildman–Crippen MR) is 253 cm³/mol. The van der Waals surface area contributed by atoms with Crippen LogP contribution in [0.25, 0.3) is 90.5 Å². The summed E-state index contributed by atoms with van der Waals surface area (Å²) >= 11 is 27.6. The number of fused-ring (bicyclic) bond motifs is 8. The first-order valence-corrected chi connectivity index (χ1v) is 21.2. The Morgan fingerprint density at radius 1 is 0.484 bits per heavy atom. The van der Waals surface area contributed by atoms with Gasteiger partial charge in [-0.15, -0.1) is 0 Å². The lowest BCUT2D eigenvalue weighted by Crippen LogP contribution is -2.39. The molecule has 3 aliphatic rings. The van der Waals surface area contributed by atoms with Crippen molar-refractivity contribution in [1.82, 2.24) is 24.8 Å². The topological polar surface area (TPSA) is 94.7 Å². The molecule has 5 aromatic carbocycles. The van der Waals surface area contributed by atoms with Crippen molar-refractivity contribution < 1.29 is 9.59 Å². The molecule has 0 saturated carbocycles. The molecule has 2 amide bonds. The van der Waals surface area contributed by atoms with E-state index >= 15 is 0 Å². The Balaban J connectivity index is 1.13. The molecule has 298 valence electrons. The molecule has 3 aromatic heterocycles. The first-order valence-electron chi connectivity index (χ1n) is 19.7. The summed E-state index contributed by atoms with van der Waals surface area (Å²) < 4.78 is 0. The maximum Gasteiger partial charge on any atom is 0.261 e. The minimum Gasteiger partial charge on any atom is -0.355 e. The number of halogens is 4. The highest BCUT2D eigenvalue weighted by molar-refractivity contribution is 6.40. The number of H-pyrrole nitrogens is 2. The van der Waals surface area contributed by atoms with Crippen LogP contribution in [0.15, 0.2) is 127 Å². The Hall–Kier alpha value is -6.74. The van der Waals surface area contributed by atoms with Gasteiger partial charge in [-0.1, -0.05) is 107 Å². The third-order valence-electron chi connectivity index (χ3n) is 11.4. The van der Waals surface area contributed by atoms with Crippen LogP contribution in [-0.4, -0.2) is 36.7 Å². The van der Waals surface area contributed by atoms with E-state index in [1.165, 1.54) is 4.90 Å². The summed E-state index contributed by atoms with van der Waals surface area (Å²) in [6.45, 7) is 0.0987. The van der Waals surface area contributed by atoms with Crippen molar-refractivity contribution in [3.8, 4) is 33.4 Å². The monoisotopic (exact) mass is 883 g/mol. The average Bonchev–Trinajstić information content (AvgIpc) is 4.12. The van der Waals surface area contributed by atoms with Gasteiger partial charge in [0.1, 0.15) is 0 Å². The number of aromatic nitrogens is 4. The highest BCUT2D eigenvalue weighted by Crippen LogP contribution is 2.43. The van der Waals surface area contributed by atoms with E-state index in [9.17, 15) is 9.59 Å². The molecule has 8 bridgehead atoms. The van der Waals surface area contributed by atoms with Gasteiger partial charge in [0.2, 0.25) is 0 Å². The summed E-state index contributed by atoms with van der Waals surface area (Å²) in [5.74, 6) is -0.643. The Morgan fingerprint density at radius 3 is 1.60 bits per heavy atom. The van der Waals surface area contributed by atoms with Crippen molar-refractivity contribution in [3.63, 3.8) is 0 Å². The second kappa shape index (κ2) is 15.0.